The number of fused-ring (bicyclic) bond motifs is 1. The number of aromatic nitrogens is 6. The van der Waals surface area contributed by atoms with Crippen molar-refractivity contribution in [3.8, 4) is 11.3 Å². The number of tetrazole rings is 1. The highest BCUT2D eigenvalue weighted by molar-refractivity contribution is 5.93. The van der Waals surface area contributed by atoms with Crippen molar-refractivity contribution in [2.45, 2.75) is 6.54 Å². The summed E-state index contributed by atoms with van der Waals surface area (Å²) < 4.78 is 3.61. The van der Waals surface area contributed by atoms with Crippen LogP contribution >= 0.6 is 0 Å². The minimum atomic E-state index is 0.539. The Hall–Kier alpha value is -3.02. The van der Waals surface area contributed by atoms with Crippen molar-refractivity contribution < 1.29 is 0 Å². The minimum absolute atomic E-state index is 0.539. The molecule has 0 aliphatic heterocycles. The topological polar surface area (TPSA) is 61.4 Å². The van der Waals surface area contributed by atoms with E-state index >= 15 is 0 Å². The van der Waals surface area contributed by atoms with Crippen molar-refractivity contribution in [1.82, 2.24) is 30.0 Å². The predicted octanol–water partition coefficient (Wildman–Crippen LogP) is 2.28. The first-order chi connectivity index (χ1) is 10.8. The standard InChI is InChI=1S/C16H14N6/c1-21-15(17-19-20-21)11-22-14-10-6-5-9-13(14)16(18-22)12-7-3-2-4-8-12/h2-10H,11H2,1H3. The van der Waals surface area contributed by atoms with E-state index in [-0.39, 0.29) is 0 Å². The summed E-state index contributed by atoms with van der Waals surface area (Å²) in [6.07, 6.45) is 0. The summed E-state index contributed by atoms with van der Waals surface area (Å²) >= 11 is 0. The number of hydrogen-bond donors (Lipinski definition) is 0. The van der Waals surface area contributed by atoms with Gasteiger partial charge in [-0.25, -0.2) is 4.68 Å². The molecule has 0 radical (unpaired) electrons. The SMILES string of the molecule is Cn1nnnc1Cn1nc(-c2ccccc2)c2ccccc21. The van der Waals surface area contributed by atoms with E-state index in [0.717, 1.165) is 28.0 Å². The van der Waals surface area contributed by atoms with Gasteiger partial charge in [0.25, 0.3) is 0 Å². The monoisotopic (exact) mass is 290 g/mol. The smallest absolute Gasteiger partial charge is 0.172 e. The lowest BCUT2D eigenvalue weighted by atomic mass is 10.1. The molecule has 0 saturated heterocycles. The third-order valence-electron chi connectivity index (χ3n) is 3.70. The first kappa shape index (κ1) is 12.7. The molecule has 0 N–H and O–H groups in total. The molecule has 6 nitrogen and oxygen atoms in total. The molecule has 4 aromatic rings. The molecule has 4 rings (SSSR count). The normalized spacial score (nSPS) is 11.1. The average Bonchev–Trinajstić information content (AvgIpc) is 3.13. The molecule has 0 aliphatic rings. The van der Waals surface area contributed by atoms with E-state index in [1.54, 1.807) is 4.68 Å². The third-order valence-corrected chi connectivity index (χ3v) is 3.70. The van der Waals surface area contributed by atoms with Crippen LogP contribution in [0.5, 0.6) is 0 Å². The quantitative estimate of drug-likeness (QED) is 0.581. The zero-order chi connectivity index (χ0) is 14.9. The van der Waals surface area contributed by atoms with Gasteiger partial charge in [0.05, 0.1) is 5.52 Å². The highest BCUT2D eigenvalue weighted by Crippen LogP contribution is 2.27. The molecule has 2 aromatic heterocycles. The van der Waals surface area contributed by atoms with Crippen LogP contribution in [0.3, 0.4) is 0 Å². The van der Waals surface area contributed by atoms with Crippen molar-refractivity contribution in [3.05, 3.63) is 60.4 Å². The molecule has 6 heteroatoms. The molecule has 22 heavy (non-hydrogen) atoms. The number of benzene rings is 2. The van der Waals surface area contributed by atoms with Gasteiger partial charge in [-0.05, 0) is 16.5 Å². The number of rotatable bonds is 3. The molecular formula is C16H14N6. The Bertz CT molecular complexity index is 922. The summed E-state index contributed by atoms with van der Waals surface area (Å²) in [4.78, 5) is 0. The van der Waals surface area contributed by atoms with Crippen LogP contribution in [0.15, 0.2) is 54.6 Å². The molecule has 2 heterocycles. The first-order valence-electron chi connectivity index (χ1n) is 7.05. The Kier molecular flexibility index (Phi) is 2.93. The average molecular weight is 290 g/mol. The molecule has 0 amide bonds. The molecule has 0 bridgehead atoms. The Labute approximate surface area is 127 Å². The highest BCUT2D eigenvalue weighted by atomic mass is 15.5. The Morgan fingerprint density at radius 2 is 1.73 bits per heavy atom. The van der Waals surface area contributed by atoms with Crippen LogP contribution < -0.4 is 0 Å². The second-order valence-electron chi connectivity index (χ2n) is 5.11. The van der Waals surface area contributed by atoms with Crippen LogP contribution in [0.25, 0.3) is 22.2 Å². The zero-order valence-corrected chi connectivity index (χ0v) is 12.1. The summed E-state index contributed by atoms with van der Waals surface area (Å²) in [6.45, 7) is 0.539. The fourth-order valence-corrected chi connectivity index (χ4v) is 2.57. The zero-order valence-electron chi connectivity index (χ0n) is 12.1. The van der Waals surface area contributed by atoms with Crippen LogP contribution in [0.2, 0.25) is 0 Å². The van der Waals surface area contributed by atoms with Crippen LogP contribution in [0, 0.1) is 0 Å². The molecule has 0 fully saturated rings. The van der Waals surface area contributed by atoms with Crippen molar-refractivity contribution in [2.75, 3.05) is 0 Å². The van der Waals surface area contributed by atoms with Gasteiger partial charge in [-0.1, -0.05) is 48.5 Å². The lowest BCUT2D eigenvalue weighted by Gasteiger charge is -2.01. The molecular weight excluding hydrogens is 276 g/mol. The lowest BCUT2D eigenvalue weighted by molar-refractivity contribution is 0.619. The van der Waals surface area contributed by atoms with E-state index in [1.807, 2.05) is 42.1 Å². The van der Waals surface area contributed by atoms with Gasteiger partial charge in [-0.2, -0.15) is 5.10 Å². The maximum atomic E-state index is 4.78. The Balaban J connectivity index is 1.88. The van der Waals surface area contributed by atoms with Gasteiger partial charge < -0.3 is 0 Å². The minimum Gasteiger partial charge on any atom is -0.257 e. The van der Waals surface area contributed by atoms with Gasteiger partial charge >= 0.3 is 0 Å². The summed E-state index contributed by atoms with van der Waals surface area (Å²) in [5, 5.41) is 17.5. The van der Waals surface area contributed by atoms with Crippen LogP contribution in [0.4, 0.5) is 0 Å². The lowest BCUT2D eigenvalue weighted by Crippen LogP contribution is -2.08. The van der Waals surface area contributed by atoms with Gasteiger partial charge in [0, 0.05) is 18.0 Å². The number of para-hydroxylation sites is 1. The number of hydrogen-bond acceptors (Lipinski definition) is 4. The fourth-order valence-electron chi connectivity index (χ4n) is 2.57. The Morgan fingerprint density at radius 1 is 0.955 bits per heavy atom. The van der Waals surface area contributed by atoms with E-state index in [4.69, 9.17) is 5.10 Å². The summed E-state index contributed by atoms with van der Waals surface area (Å²) in [6, 6.07) is 18.4. The maximum absolute atomic E-state index is 4.78. The molecule has 0 unspecified atom stereocenters. The summed E-state index contributed by atoms with van der Waals surface area (Å²) in [7, 11) is 1.83. The van der Waals surface area contributed by atoms with E-state index < -0.39 is 0 Å². The first-order valence-corrected chi connectivity index (χ1v) is 7.05. The molecule has 2 aromatic carbocycles. The van der Waals surface area contributed by atoms with E-state index in [2.05, 4.69) is 39.8 Å². The maximum Gasteiger partial charge on any atom is 0.172 e. The predicted molar refractivity (Wildman–Crippen MR) is 83.1 cm³/mol. The fraction of sp³-hybridized carbons (Fsp3) is 0.125. The molecule has 0 aliphatic carbocycles. The van der Waals surface area contributed by atoms with Crippen molar-refractivity contribution in [3.63, 3.8) is 0 Å². The third kappa shape index (κ3) is 2.05. The van der Waals surface area contributed by atoms with E-state index in [9.17, 15) is 0 Å². The summed E-state index contributed by atoms with van der Waals surface area (Å²) in [5.41, 5.74) is 3.16. The van der Waals surface area contributed by atoms with Gasteiger partial charge in [0.15, 0.2) is 5.82 Å². The Morgan fingerprint density at radius 3 is 2.50 bits per heavy atom. The molecule has 0 saturated carbocycles. The van der Waals surface area contributed by atoms with E-state index in [0.29, 0.717) is 6.54 Å². The number of aryl methyl sites for hydroxylation is 1. The van der Waals surface area contributed by atoms with Crippen molar-refractivity contribution in [2.24, 2.45) is 7.05 Å². The molecule has 0 atom stereocenters. The highest BCUT2D eigenvalue weighted by Gasteiger charge is 2.13. The molecule has 0 spiro atoms. The summed E-state index contributed by atoms with van der Waals surface area (Å²) in [5.74, 6) is 0.771. The van der Waals surface area contributed by atoms with E-state index in [1.165, 1.54) is 0 Å². The van der Waals surface area contributed by atoms with Crippen LogP contribution in [-0.2, 0) is 13.6 Å². The van der Waals surface area contributed by atoms with Gasteiger partial charge in [0.1, 0.15) is 12.2 Å². The largest absolute Gasteiger partial charge is 0.257 e. The van der Waals surface area contributed by atoms with Gasteiger partial charge in [-0.3, -0.25) is 4.68 Å². The second-order valence-corrected chi connectivity index (χ2v) is 5.11. The number of nitrogens with zero attached hydrogens (tertiary/aromatic N) is 6. The van der Waals surface area contributed by atoms with Gasteiger partial charge in [-0.15, -0.1) is 5.10 Å². The molecule has 108 valence electrons. The van der Waals surface area contributed by atoms with Gasteiger partial charge in [0.2, 0.25) is 0 Å². The van der Waals surface area contributed by atoms with Crippen LogP contribution in [0.1, 0.15) is 5.82 Å². The second kappa shape index (κ2) is 5.07. The van der Waals surface area contributed by atoms with Crippen molar-refractivity contribution in [1.29, 1.82) is 0 Å². The van der Waals surface area contributed by atoms with Crippen molar-refractivity contribution >= 4 is 10.9 Å². The van der Waals surface area contributed by atoms with Crippen LogP contribution in [-0.4, -0.2) is 30.0 Å².